The number of aromatic nitrogens is 2. The number of hydrogen-bond donors (Lipinski definition) is 0. The van der Waals surface area contributed by atoms with Gasteiger partial charge in [0.1, 0.15) is 11.6 Å². The Morgan fingerprint density at radius 3 is 1.34 bits per heavy atom. The molecule has 2 aliphatic heterocycles. The molecular weight excluding hydrogens is 408 g/mol. The van der Waals surface area contributed by atoms with Crippen LogP contribution in [0.2, 0.25) is 0 Å². The van der Waals surface area contributed by atoms with E-state index in [0.29, 0.717) is 11.6 Å². The summed E-state index contributed by atoms with van der Waals surface area (Å²) in [4.78, 5) is 64.2. The first-order valence-corrected chi connectivity index (χ1v) is 10.9. The van der Waals surface area contributed by atoms with Crippen LogP contribution in [0, 0.1) is 47.3 Å². The van der Waals surface area contributed by atoms with Gasteiger partial charge in [-0.2, -0.15) is 0 Å². The van der Waals surface area contributed by atoms with Crippen molar-refractivity contribution in [3.8, 4) is 0 Å². The third kappa shape index (κ3) is 1.94. The molecule has 4 heterocycles. The molecule has 0 radical (unpaired) electrons. The van der Waals surface area contributed by atoms with Crippen molar-refractivity contribution < 1.29 is 19.2 Å². The van der Waals surface area contributed by atoms with Crippen molar-refractivity contribution in [2.75, 3.05) is 9.80 Å². The first-order chi connectivity index (χ1) is 15.6. The predicted molar refractivity (Wildman–Crippen MR) is 111 cm³/mol. The quantitative estimate of drug-likeness (QED) is 0.532. The molecule has 0 N–H and O–H groups in total. The average molecular weight is 426 g/mol. The zero-order valence-corrected chi connectivity index (χ0v) is 16.8. The van der Waals surface area contributed by atoms with Crippen molar-refractivity contribution in [2.24, 2.45) is 47.3 Å². The van der Waals surface area contributed by atoms with Gasteiger partial charge < -0.3 is 0 Å². The van der Waals surface area contributed by atoms with Gasteiger partial charge in [-0.15, -0.1) is 0 Å². The zero-order chi connectivity index (χ0) is 21.7. The van der Waals surface area contributed by atoms with Crippen molar-refractivity contribution in [1.82, 2.24) is 9.97 Å². The van der Waals surface area contributed by atoms with E-state index in [-0.39, 0.29) is 47.3 Å². The summed E-state index contributed by atoms with van der Waals surface area (Å²) in [6.07, 6.45) is 7.11. The molecular formula is C24H18N4O4. The molecule has 8 atom stereocenters. The molecule has 0 unspecified atom stereocenters. The normalized spacial score (nSPS) is 38.6. The van der Waals surface area contributed by atoms with E-state index in [9.17, 15) is 19.2 Å². The van der Waals surface area contributed by atoms with Gasteiger partial charge in [0.15, 0.2) is 0 Å². The fraction of sp³-hybridized carbons (Fsp3) is 0.333. The van der Waals surface area contributed by atoms with Gasteiger partial charge in [0.2, 0.25) is 23.6 Å². The van der Waals surface area contributed by atoms with Gasteiger partial charge in [0.05, 0.1) is 23.7 Å². The highest BCUT2D eigenvalue weighted by atomic mass is 16.2. The summed E-state index contributed by atoms with van der Waals surface area (Å²) in [7, 11) is 0. The van der Waals surface area contributed by atoms with Crippen LogP contribution in [-0.4, -0.2) is 33.6 Å². The van der Waals surface area contributed by atoms with Crippen LogP contribution in [0.5, 0.6) is 0 Å². The first kappa shape index (κ1) is 17.9. The molecule has 0 spiro atoms. The van der Waals surface area contributed by atoms with E-state index in [1.54, 1.807) is 48.8 Å². The maximum Gasteiger partial charge on any atom is 0.239 e. The number of anilines is 2. The monoisotopic (exact) mass is 426 g/mol. The maximum absolute atomic E-state index is 13.4. The van der Waals surface area contributed by atoms with Crippen LogP contribution in [0.4, 0.5) is 11.6 Å². The molecule has 8 heteroatoms. The number of hydrogen-bond acceptors (Lipinski definition) is 6. The number of nitrogens with zero attached hydrogens (tertiary/aromatic N) is 4. The second kappa shape index (κ2) is 5.97. The third-order valence-corrected chi connectivity index (χ3v) is 8.10. The lowest BCUT2D eigenvalue weighted by molar-refractivity contribution is -0.166. The summed E-state index contributed by atoms with van der Waals surface area (Å²) in [6.45, 7) is 0. The maximum atomic E-state index is 13.4. The van der Waals surface area contributed by atoms with Gasteiger partial charge in [-0.1, -0.05) is 24.3 Å². The zero-order valence-electron chi connectivity index (χ0n) is 16.8. The Hall–Kier alpha value is -3.68. The molecule has 6 aliphatic rings. The van der Waals surface area contributed by atoms with Gasteiger partial charge in [0, 0.05) is 12.4 Å². The molecule has 8 rings (SSSR count). The van der Waals surface area contributed by atoms with E-state index in [0.717, 1.165) is 0 Å². The van der Waals surface area contributed by atoms with Crippen LogP contribution < -0.4 is 9.80 Å². The largest absolute Gasteiger partial charge is 0.274 e. The van der Waals surface area contributed by atoms with Crippen molar-refractivity contribution in [1.29, 1.82) is 0 Å². The Kier molecular flexibility index (Phi) is 3.35. The number of rotatable bonds is 2. The molecule has 0 aromatic carbocycles. The van der Waals surface area contributed by atoms with Crippen molar-refractivity contribution in [3.63, 3.8) is 0 Å². The van der Waals surface area contributed by atoms with Gasteiger partial charge in [0.25, 0.3) is 0 Å². The number of carbonyl (C=O) groups excluding carboxylic acids is 4. The summed E-state index contributed by atoms with van der Waals surface area (Å²) in [5.74, 6) is -2.93. The number of amides is 4. The van der Waals surface area contributed by atoms with Crippen LogP contribution in [-0.2, 0) is 19.2 Å². The minimum absolute atomic E-state index is 0.109. The minimum atomic E-state index is -0.506. The van der Waals surface area contributed by atoms with E-state index in [1.807, 2.05) is 12.2 Å². The van der Waals surface area contributed by atoms with E-state index in [1.165, 1.54) is 9.80 Å². The topological polar surface area (TPSA) is 101 Å². The van der Waals surface area contributed by atoms with Gasteiger partial charge in [-0.3, -0.25) is 19.2 Å². The highest BCUT2D eigenvalue weighted by Gasteiger charge is 2.75. The summed E-state index contributed by atoms with van der Waals surface area (Å²) >= 11 is 0. The summed E-state index contributed by atoms with van der Waals surface area (Å²) in [6, 6.07) is 10.3. The molecule has 4 amide bonds. The summed E-state index contributed by atoms with van der Waals surface area (Å²) in [5.41, 5.74) is 0. The van der Waals surface area contributed by atoms with Gasteiger partial charge in [-0.25, -0.2) is 19.8 Å². The van der Waals surface area contributed by atoms with Crippen molar-refractivity contribution in [2.45, 2.75) is 0 Å². The predicted octanol–water partition coefficient (Wildman–Crippen LogP) is 1.45. The molecule has 4 aliphatic carbocycles. The van der Waals surface area contributed by atoms with E-state index >= 15 is 0 Å². The highest BCUT2D eigenvalue weighted by molar-refractivity contribution is 6.24. The Bertz CT molecular complexity index is 1170. The first-order valence-electron chi connectivity index (χ1n) is 10.9. The second-order valence-electron chi connectivity index (χ2n) is 9.20. The summed E-state index contributed by atoms with van der Waals surface area (Å²) < 4.78 is 0. The summed E-state index contributed by atoms with van der Waals surface area (Å²) in [5, 5.41) is 0. The van der Waals surface area contributed by atoms with Crippen molar-refractivity contribution >= 4 is 35.3 Å². The Labute approximate surface area is 182 Å². The minimum Gasteiger partial charge on any atom is -0.274 e. The average Bonchev–Trinajstić information content (AvgIpc) is 3.19. The van der Waals surface area contributed by atoms with E-state index in [4.69, 9.17) is 0 Å². The fourth-order valence-corrected chi connectivity index (χ4v) is 7.02. The molecule has 158 valence electrons. The highest BCUT2D eigenvalue weighted by Crippen LogP contribution is 2.68. The molecule has 32 heavy (non-hydrogen) atoms. The van der Waals surface area contributed by atoms with Crippen LogP contribution in [0.3, 0.4) is 0 Å². The van der Waals surface area contributed by atoms with Crippen LogP contribution in [0.15, 0.2) is 60.9 Å². The Balaban J connectivity index is 1.27. The molecule has 2 saturated carbocycles. The van der Waals surface area contributed by atoms with Crippen LogP contribution >= 0.6 is 0 Å². The van der Waals surface area contributed by atoms with E-state index in [2.05, 4.69) is 9.97 Å². The van der Waals surface area contributed by atoms with Crippen LogP contribution in [0.1, 0.15) is 0 Å². The SMILES string of the molecule is O=C1[C@@H]2[C@H]3C=C[C@@H]([C@@H]2C(=O)N1c1ccccn1)[C@H]1[C@H]2C(=O)N(c4ccccn4)C(=O)[C@@H]2[C@H]31. The third-order valence-electron chi connectivity index (χ3n) is 8.10. The molecule has 2 aromatic rings. The van der Waals surface area contributed by atoms with Gasteiger partial charge in [-0.05, 0) is 47.9 Å². The lowest BCUT2D eigenvalue weighted by atomic mass is 9.40. The number of fused-ring (bicyclic) bond motifs is 1. The number of allylic oxidation sites excluding steroid dienone is 2. The molecule has 4 fully saturated rings. The van der Waals surface area contributed by atoms with Gasteiger partial charge >= 0.3 is 0 Å². The lowest BCUT2D eigenvalue weighted by Gasteiger charge is -2.60. The number of imide groups is 2. The van der Waals surface area contributed by atoms with Crippen LogP contribution in [0.25, 0.3) is 0 Å². The second-order valence-corrected chi connectivity index (χ2v) is 9.20. The fourth-order valence-electron chi connectivity index (χ4n) is 7.02. The lowest BCUT2D eigenvalue weighted by Crippen LogP contribution is -2.63. The standard InChI is InChI=1S/C24H18N4O4/c29-21-17-11-7-8-12(18(17)22(30)27(21)13-5-1-3-9-25-13)16-15(11)19-20(16)24(32)28(23(19)31)14-6-2-4-10-26-14/h1-12,15-20H/t11-,12+,15-,16-,17+,18-,19-,20-/m1/s1. The smallest absolute Gasteiger partial charge is 0.239 e. The van der Waals surface area contributed by atoms with E-state index < -0.39 is 23.7 Å². The Morgan fingerprint density at radius 1 is 0.562 bits per heavy atom. The number of pyridine rings is 2. The molecule has 2 saturated heterocycles. The molecule has 2 bridgehead atoms. The Morgan fingerprint density at radius 2 is 0.969 bits per heavy atom. The van der Waals surface area contributed by atoms with Crippen molar-refractivity contribution in [3.05, 3.63) is 60.9 Å². The number of carbonyl (C=O) groups is 4. The molecule has 2 aromatic heterocycles. The molecule has 8 nitrogen and oxygen atoms in total.